The summed E-state index contributed by atoms with van der Waals surface area (Å²) < 4.78 is 63.0. The number of fused-ring (bicyclic) bond motifs is 8. The number of thioether (sulfide) groups is 4. The minimum atomic E-state index is -1.22. The summed E-state index contributed by atoms with van der Waals surface area (Å²) in [5, 5.41) is 20.9. The second kappa shape index (κ2) is 38.1. The summed E-state index contributed by atoms with van der Waals surface area (Å²) in [5.41, 5.74) is 16.1. The number of rotatable bonds is 34. The molecule has 7 aromatic carbocycles. The van der Waals surface area contributed by atoms with Gasteiger partial charge in [0.15, 0.2) is 34.8 Å². The zero-order valence-electron chi connectivity index (χ0n) is 63.5. The molecule has 0 unspecified atom stereocenters. The number of unbranched alkanes of at least 4 members (excludes halogenated alkanes) is 12. The largest absolute Gasteiger partial charge is 0.289 e. The highest BCUT2D eigenvalue weighted by Gasteiger charge is 2.40. The van der Waals surface area contributed by atoms with Crippen molar-refractivity contribution in [3.8, 4) is 33.0 Å². The van der Waals surface area contributed by atoms with Gasteiger partial charge in [0.05, 0.1) is 25.3 Å². The lowest BCUT2D eigenvalue weighted by atomic mass is 9.98. The molecular formula is C96H86F4N4O2S6. The van der Waals surface area contributed by atoms with Crippen molar-refractivity contribution in [2.24, 2.45) is 0 Å². The molecule has 9 aromatic rings. The lowest BCUT2D eigenvalue weighted by Crippen LogP contribution is -1.97. The van der Waals surface area contributed by atoms with E-state index in [0.717, 1.165) is 161 Å². The number of carbonyl (C=O) groups excluding carboxylic acids is 2. The zero-order valence-corrected chi connectivity index (χ0v) is 68.4. The van der Waals surface area contributed by atoms with E-state index in [2.05, 4.69) is 159 Å². The van der Waals surface area contributed by atoms with Gasteiger partial charge < -0.3 is 0 Å². The van der Waals surface area contributed by atoms with Gasteiger partial charge in [-0.3, -0.25) is 9.59 Å². The first kappa shape index (κ1) is 80.8. The molecule has 2 aromatic heterocycles. The van der Waals surface area contributed by atoms with Gasteiger partial charge in [-0.05, 0) is 179 Å². The summed E-state index contributed by atoms with van der Waals surface area (Å²) in [5.74, 6) is -3.55. The van der Waals surface area contributed by atoms with E-state index < -0.39 is 46.2 Å². The Hall–Kier alpha value is -9.20. The smallest absolute Gasteiger partial charge is 0.270 e. The molecule has 0 atom stereocenters. The van der Waals surface area contributed by atoms with Crippen LogP contribution in [0.15, 0.2) is 177 Å². The Morgan fingerprint density at radius 1 is 0.357 bits per heavy atom. The third-order valence-corrected chi connectivity index (χ3v) is 28.6. The van der Waals surface area contributed by atoms with Gasteiger partial charge >= 0.3 is 0 Å². The molecule has 0 N–H and O–H groups in total. The molecule has 13 rings (SSSR count). The molecule has 112 heavy (non-hydrogen) atoms. The summed E-state index contributed by atoms with van der Waals surface area (Å²) in [7, 11) is 0. The van der Waals surface area contributed by atoms with Crippen molar-refractivity contribution in [2.75, 3.05) is 0 Å². The van der Waals surface area contributed by atoms with E-state index in [1.54, 1.807) is 59.2 Å². The molecule has 0 saturated heterocycles. The van der Waals surface area contributed by atoms with Crippen LogP contribution in [0.2, 0.25) is 0 Å². The number of aryl methyl sites for hydroxylation is 4. The lowest BCUT2D eigenvalue weighted by molar-refractivity contribution is 0.103. The maximum atomic E-state index is 15.3. The molecule has 0 amide bonds. The normalized spacial score (nSPS) is 14.6. The van der Waals surface area contributed by atoms with Crippen LogP contribution in [0, 0.1) is 59.1 Å². The number of hydrogen-bond donors (Lipinski definition) is 0. The molecule has 0 spiro atoms. The molecule has 4 aliphatic rings. The topological polar surface area (TPSA) is 90.4 Å². The second-order valence-corrected chi connectivity index (χ2v) is 35.6. The van der Waals surface area contributed by atoms with Gasteiger partial charge in [0, 0.05) is 118 Å². The number of allylic oxidation sites excluding steroid dienone is 6. The average Bonchev–Trinajstić information content (AvgIpc) is 1.54. The van der Waals surface area contributed by atoms with Crippen molar-refractivity contribution in [1.82, 2.24) is 0 Å². The van der Waals surface area contributed by atoms with Gasteiger partial charge in [0.25, 0.3) is 11.4 Å². The summed E-state index contributed by atoms with van der Waals surface area (Å²) >= 11 is 10.00. The Labute approximate surface area is 681 Å². The number of nitriles is 2. The van der Waals surface area contributed by atoms with Crippen LogP contribution in [-0.2, 0) is 48.7 Å². The number of halogens is 4. The fourth-order valence-corrected chi connectivity index (χ4v) is 22.2. The molecule has 4 aliphatic carbocycles. The zero-order chi connectivity index (χ0) is 78.4. The molecule has 0 radical (unpaired) electrons. The number of Topliss-reactive ketones (excluding diaryl/α,β-unsaturated/α-hetero) is 2. The number of thiophene rings is 2. The van der Waals surface area contributed by atoms with Gasteiger partial charge in [-0.15, -0.1) is 69.7 Å². The maximum Gasteiger partial charge on any atom is 0.270 e. The number of carbonyl (C=O) groups is 2. The van der Waals surface area contributed by atoms with Gasteiger partial charge in [0.1, 0.15) is 0 Å². The summed E-state index contributed by atoms with van der Waals surface area (Å²) in [6.45, 7) is 25.1. The van der Waals surface area contributed by atoms with Crippen LogP contribution in [0.3, 0.4) is 0 Å². The van der Waals surface area contributed by atoms with Crippen molar-refractivity contribution in [3.63, 3.8) is 0 Å². The molecule has 0 fully saturated rings. The van der Waals surface area contributed by atoms with Crippen LogP contribution in [0.5, 0.6) is 0 Å². The first-order valence-electron chi connectivity index (χ1n) is 39.0. The van der Waals surface area contributed by atoms with Crippen molar-refractivity contribution in [2.45, 2.75) is 179 Å². The fraction of sp³-hybridized carbons (Fsp3) is 0.292. The number of hydrogen-bond acceptors (Lipinski definition) is 10. The van der Waals surface area contributed by atoms with Crippen LogP contribution in [0.4, 0.5) is 17.6 Å². The van der Waals surface area contributed by atoms with E-state index in [0.29, 0.717) is 32.8 Å². The lowest BCUT2D eigenvalue weighted by Gasteiger charge is -2.16. The van der Waals surface area contributed by atoms with Crippen molar-refractivity contribution in [1.29, 1.82) is 10.5 Å². The van der Waals surface area contributed by atoms with E-state index >= 15 is 17.6 Å². The monoisotopic (exact) mass is 1590 g/mol. The Morgan fingerprint density at radius 2 is 0.625 bits per heavy atom. The predicted octanol–water partition coefficient (Wildman–Crippen LogP) is 28.9. The average molecular weight is 1600 g/mol. The standard InChI is InChI=1S/C96H86F4N4O2S6/c1-7-11-15-19-23-59-27-35-63(36-28-59)55-107-95(108-56-64-37-29-60(30-38-64)24-20-16-12-8-2)89-69-47-76-70(48-75(69)93-79(89)45-67(111-93)43-77-87(85(53-101)103-5)71-49-81(97)83(99)51-73(71)91(77)105)90(80-46-68(112-94(76)80)44-78-88(86(54-102)104-6)72-50-82(98)84(100)52-74(72)92(78)106)96(109-57-65-39-31-61(32-40-65)25-21-17-13-9-3)110-58-66-41-33-62(34-42-66)26-22-18-14-10-4/h27-52H,7-26,55-58H2,1-4H3/b77-43-,78-44-,87-85-,88-86+. The molecule has 6 nitrogen and oxygen atoms in total. The summed E-state index contributed by atoms with van der Waals surface area (Å²) in [6.07, 6.45) is 26.1. The summed E-state index contributed by atoms with van der Waals surface area (Å²) in [6, 6.07) is 52.0. The van der Waals surface area contributed by atoms with Gasteiger partial charge in [-0.1, -0.05) is 202 Å². The summed E-state index contributed by atoms with van der Waals surface area (Å²) in [4.78, 5) is 39.6. The van der Waals surface area contributed by atoms with Gasteiger partial charge in [0.2, 0.25) is 0 Å². The Morgan fingerprint density at radius 3 is 0.893 bits per heavy atom. The number of ketones is 2. The molecule has 16 heteroatoms. The Bertz CT molecular complexity index is 4980. The van der Waals surface area contributed by atoms with Gasteiger partial charge in [-0.2, -0.15) is 0 Å². The number of nitrogens with zero attached hydrogens (tertiary/aromatic N) is 4. The van der Waals surface area contributed by atoms with E-state index in [1.807, 2.05) is 12.1 Å². The minimum Gasteiger partial charge on any atom is -0.289 e. The highest BCUT2D eigenvalue weighted by atomic mass is 32.2. The van der Waals surface area contributed by atoms with Crippen LogP contribution < -0.4 is 0 Å². The van der Waals surface area contributed by atoms with E-state index in [9.17, 15) is 20.1 Å². The van der Waals surface area contributed by atoms with E-state index in [4.69, 9.17) is 13.1 Å². The molecule has 0 saturated carbocycles. The third kappa shape index (κ3) is 18.2. The minimum absolute atomic E-state index is 0.0100. The van der Waals surface area contributed by atoms with Crippen molar-refractivity contribution >= 4 is 116 Å². The van der Waals surface area contributed by atoms with Gasteiger partial charge in [-0.25, -0.2) is 37.8 Å². The van der Waals surface area contributed by atoms with Crippen LogP contribution in [0.25, 0.3) is 65.0 Å². The number of benzene rings is 7. The highest BCUT2D eigenvalue weighted by molar-refractivity contribution is 8.22. The molecule has 2 heterocycles. The first-order chi connectivity index (χ1) is 54.6. The quantitative estimate of drug-likeness (QED) is 0.0130. The SMILES string of the molecule is [C-]#[N+]/C(C#N)=C1\C(=C\c2cc3c(s2)-c2cc4c(cc2C3=C(SCc2ccc(CCCCCC)cc2)SCc2ccc(CCCCCC)cc2)-c2sc(/C=C3\C(=O)c5cc(F)c(F)cc5\C3=C(\C#N)[N+]#[C-])cc2C4=C(SCc2ccc(CCCCCC)cc2)SCc2ccc(CCCCCC)cc2)C(=O)c2cc(F)c(F)cc21. The Kier molecular flexibility index (Phi) is 27.5. The molecule has 0 bridgehead atoms. The van der Waals surface area contributed by atoms with Crippen molar-refractivity contribution < 1.29 is 27.2 Å². The Balaban J connectivity index is 1.02. The predicted molar refractivity (Wildman–Crippen MR) is 463 cm³/mol. The second-order valence-electron chi connectivity index (χ2n) is 29.0. The first-order valence-corrected chi connectivity index (χ1v) is 44.6. The van der Waals surface area contributed by atoms with Crippen LogP contribution >= 0.6 is 69.7 Å². The molecule has 566 valence electrons. The maximum absolute atomic E-state index is 15.3. The van der Waals surface area contributed by atoms with Crippen LogP contribution in [-0.4, -0.2) is 11.6 Å². The molecular weight excluding hydrogens is 1510 g/mol. The highest BCUT2D eigenvalue weighted by Crippen LogP contribution is 2.61. The van der Waals surface area contributed by atoms with E-state index in [-0.39, 0.29) is 44.5 Å². The van der Waals surface area contributed by atoms with Crippen LogP contribution in [0.1, 0.15) is 239 Å². The fourth-order valence-electron chi connectivity index (χ4n) is 15.1. The third-order valence-electron chi connectivity index (χ3n) is 21.1. The van der Waals surface area contributed by atoms with E-state index in [1.165, 1.54) is 122 Å². The molecule has 0 aliphatic heterocycles. The van der Waals surface area contributed by atoms with Crippen molar-refractivity contribution in [3.05, 3.63) is 321 Å².